The van der Waals surface area contributed by atoms with Crippen LogP contribution in [0.2, 0.25) is 0 Å². The predicted molar refractivity (Wildman–Crippen MR) is 92.3 cm³/mol. The van der Waals surface area contributed by atoms with E-state index in [1.54, 1.807) is 5.48 Å². The van der Waals surface area contributed by atoms with Crippen LogP contribution in [0.25, 0.3) is 12.2 Å². The number of benzene rings is 1. The van der Waals surface area contributed by atoms with E-state index in [-0.39, 0.29) is 18.7 Å². The van der Waals surface area contributed by atoms with Crippen molar-refractivity contribution >= 4 is 40.4 Å². The molecule has 0 aliphatic carbocycles. The zero-order valence-corrected chi connectivity index (χ0v) is 13.8. The number of hydrogen-bond acceptors (Lipinski definition) is 6. The highest BCUT2D eigenvalue weighted by Gasteiger charge is 2.07. The normalized spacial score (nSPS) is 10.7. The second-order valence-electron chi connectivity index (χ2n) is 4.98. The maximum Gasteiger partial charge on any atom is 0.243 e. The monoisotopic (exact) mass is 346 g/mol. The van der Waals surface area contributed by atoms with Crippen LogP contribution in [0.5, 0.6) is 0 Å². The van der Waals surface area contributed by atoms with Crippen LogP contribution in [-0.4, -0.2) is 27.2 Å². The number of carbonyl (C=O) groups is 2. The second-order valence-corrected chi connectivity index (χ2v) is 5.99. The van der Waals surface area contributed by atoms with Crippen molar-refractivity contribution in [1.82, 2.24) is 15.7 Å². The molecule has 1 aromatic heterocycles. The predicted octanol–water partition coefficient (Wildman–Crippen LogP) is 2.71. The van der Waals surface area contributed by atoms with Crippen LogP contribution in [0.4, 0.5) is 5.13 Å². The molecule has 0 radical (unpaired) electrons. The molecule has 1 heterocycles. The third-order valence-corrected chi connectivity index (χ3v) is 3.89. The lowest BCUT2D eigenvalue weighted by molar-refractivity contribution is -0.129. The van der Waals surface area contributed by atoms with Gasteiger partial charge >= 0.3 is 0 Å². The van der Waals surface area contributed by atoms with Gasteiger partial charge in [-0.2, -0.15) is 0 Å². The molecule has 0 aliphatic rings. The molecule has 0 saturated heterocycles. The van der Waals surface area contributed by atoms with Crippen molar-refractivity contribution < 1.29 is 14.8 Å². The van der Waals surface area contributed by atoms with Crippen molar-refractivity contribution in [2.24, 2.45) is 0 Å². The molecule has 0 fully saturated rings. The molecule has 0 aliphatic heterocycles. The van der Waals surface area contributed by atoms with Gasteiger partial charge in [0.05, 0.1) is 0 Å². The first kappa shape index (κ1) is 17.8. The summed E-state index contributed by atoms with van der Waals surface area (Å²) < 4.78 is 0. The van der Waals surface area contributed by atoms with Crippen LogP contribution in [0, 0.1) is 0 Å². The van der Waals surface area contributed by atoms with E-state index in [0.717, 1.165) is 5.56 Å². The van der Waals surface area contributed by atoms with Crippen LogP contribution in [0.3, 0.4) is 0 Å². The summed E-state index contributed by atoms with van der Waals surface area (Å²) in [5, 5.41) is 20.1. The highest BCUT2D eigenvalue weighted by Crippen LogP contribution is 2.18. The fourth-order valence-corrected chi connectivity index (χ4v) is 2.56. The van der Waals surface area contributed by atoms with Gasteiger partial charge in [0.25, 0.3) is 0 Å². The van der Waals surface area contributed by atoms with E-state index in [2.05, 4.69) is 15.5 Å². The van der Waals surface area contributed by atoms with Gasteiger partial charge in [-0.1, -0.05) is 47.7 Å². The van der Waals surface area contributed by atoms with Crippen LogP contribution in [0.1, 0.15) is 36.3 Å². The maximum absolute atomic E-state index is 11.8. The zero-order valence-electron chi connectivity index (χ0n) is 12.9. The topological polar surface area (TPSA) is 104 Å². The highest BCUT2D eigenvalue weighted by molar-refractivity contribution is 7.16. The van der Waals surface area contributed by atoms with Crippen molar-refractivity contribution in [3.8, 4) is 0 Å². The molecule has 7 nitrogen and oxygen atoms in total. The minimum absolute atomic E-state index is 0.172. The molecule has 0 unspecified atom stereocenters. The van der Waals surface area contributed by atoms with Gasteiger partial charge in [-0.15, -0.1) is 10.2 Å². The average molecular weight is 346 g/mol. The molecule has 0 atom stereocenters. The Balaban J connectivity index is 1.75. The van der Waals surface area contributed by atoms with Gasteiger partial charge < -0.3 is 5.32 Å². The van der Waals surface area contributed by atoms with Crippen molar-refractivity contribution in [2.75, 3.05) is 5.32 Å². The summed E-state index contributed by atoms with van der Waals surface area (Å²) in [7, 11) is 0. The molecule has 0 bridgehead atoms. The molecule has 0 saturated carbocycles. The molecule has 2 amide bonds. The Bertz CT molecular complexity index is 700. The summed E-state index contributed by atoms with van der Waals surface area (Å²) >= 11 is 1.29. The Morgan fingerprint density at radius 1 is 1.04 bits per heavy atom. The van der Waals surface area contributed by atoms with Crippen molar-refractivity contribution in [1.29, 1.82) is 0 Å². The van der Waals surface area contributed by atoms with Crippen LogP contribution >= 0.6 is 11.3 Å². The molecule has 24 heavy (non-hydrogen) atoms. The molecule has 0 spiro atoms. The largest absolute Gasteiger partial charge is 0.301 e. The maximum atomic E-state index is 11.8. The van der Waals surface area contributed by atoms with Gasteiger partial charge in [-0.3, -0.25) is 14.8 Å². The fraction of sp³-hybridized carbons (Fsp3) is 0.250. The lowest BCUT2D eigenvalue weighted by atomic mass is 10.2. The number of hydroxylamine groups is 1. The van der Waals surface area contributed by atoms with Crippen molar-refractivity contribution in [2.45, 2.75) is 25.7 Å². The Morgan fingerprint density at radius 3 is 2.46 bits per heavy atom. The molecular weight excluding hydrogens is 328 g/mol. The fourth-order valence-electron chi connectivity index (χ4n) is 1.89. The smallest absolute Gasteiger partial charge is 0.243 e. The van der Waals surface area contributed by atoms with Crippen molar-refractivity contribution in [3.05, 3.63) is 40.9 Å². The summed E-state index contributed by atoms with van der Waals surface area (Å²) in [6, 6.07) is 9.83. The number of amides is 2. The standard InChI is InChI=1S/C16H18N4O3S/c21-13(8-4-5-9-14(22)20-23)17-16-19-18-15(24-16)11-10-12-6-2-1-3-7-12/h1-3,6-7,10-11,23H,4-5,8-9H2,(H,20,22)(H,17,19,21). The first-order valence-corrected chi connectivity index (χ1v) is 8.28. The number of nitrogens with one attached hydrogen (secondary N) is 2. The first-order valence-electron chi connectivity index (χ1n) is 7.47. The van der Waals surface area contributed by atoms with E-state index in [9.17, 15) is 9.59 Å². The first-order chi connectivity index (χ1) is 11.7. The Kier molecular flexibility index (Phi) is 7.06. The summed E-state index contributed by atoms with van der Waals surface area (Å²) in [6.45, 7) is 0. The van der Waals surface area contributed by atoms with Crippen LogP contribution in [0.15, 0.2) is 30.3 Å². The molecule has 3 N–H and O–H groups in total. The SMILES string of the molecule is O=C(CCCCC(=O)Nc1nnc(C=Cc2ccccc2)s1)NO. The second kappa shape index (κ2) is 9.53. The number of rotatable bonds is 8. The number of anilines is 1. The van der Waals surface area contributed by atoms with Gasteiger partial charge in [0, 0.05) is 12.8 Å². The minimum atomic E-state index is -0.450. The van der Waals surface area contributed by atoms with E-state index < -0.39 is 5.91 Å². The molecular formula is C16H18N4O3S. The highest BCUT2D eigenvalue weighted by atomic mass is 32.1. The van der Waals surface area contributed by atoms with E-state index in [4.69, 9.17) is 5.21 Å². The molecule has 1 aromatic carbocycles. The van der Waals surface area contributed by atoms with E-state index in [0.29, 0.717) is 23.0 Å². The number of unbranched alkanes of at least 4 members (excludes halogenated alkanes) is 1. The number of nitrogens with zero attached hydrogens (tertiary/aromatic N) is 2. The quantitative estimate of drug-likeness (QED) is 0.387. The lowest BCUT2D eigenvalue weighted by Gasteiger charge is -2.00. The number of carbonyl (C=O) groups excluding carboxylic acids is 2. The summed E-state index contributed by atoms with van der Waals surface area (Å²) in [4.78, 5) is 22.6. The molecule has 8 heteroatoms. The third kappa shape index (κ3) is 6.27. The van der Waals surface area contributed by atoms with Crippen molar-refractivity contribution in [3.63, 3.8) is 0 Å². The van der Waals surface area contributed by atoms with Gasteiger partial charge in [-0.25, -0.2) is 5.48 Å². The van der Waals surface area contributed by atoms with Crippen LogP contribution < -0.4 is 10.8 Å². The molecule has 2 rings (SSSR count). The Labute approximate surface area is 143 Å². The molecule has 126 valence electrons. The zero-order chi connectivity index (χ0) is 17.2. The summed E-state index contributed by atoms with van der Waals surface area (Å²) in [6.07, 6.45) is 5.33. The minimum Gasteiger partial charge on any atom is -0.301 e. The summed E-state index contributed by atoms with van der Waals surface area (Å²) in [5.74, 6) is -0.622. The van der Waals surface area contributed by atoms with Gasteiger partial charge in [-0.05, 0) is 24.5 Å². The number of hydrogen-bond donors (Lipinski definition) is 3. The van der Waals surface area contributed by atoms with E-state index >= 15 is 0 Å². The van der Waals surface area contributed by atoms with Gasteiger partial charge in [0.2, 0.25) is 16.9 Å². The lowest BCUT2D eigenvalue weighted by Crippen LogP contribution is -2.18. The Morgan fingerprint density at radius 2 is 1.75 bits per heavy atom. The number of aromatic nitrogens is 2. The average Bonchev–Trinajstić information content (AvgIpc) is 3.05. The van der Waals surface area contributed by atoms with Crippen LogP contribution in [-0.2, 0) is 9.59 Å². The molecule has 2 aromatic rings. The van der Waals surface area contributed by atoms with Gasteiger partial charge in [0.15, 0.2) is 0 Å². The van der Waals surface area contributed by atoms with E-state index in [1.807, 2.05) is 42.5 Å². The third-order valence-electron chi connectivity index (χ3n) is 3.09. The van der Waals surface area contributed by atoms with Gasteiger partial charge in [0.1, 0.15) is 5.01 Å². The Hall–Kier alpha value is -2.58. The summed E-state index contributed by atoms with van der Waals surface area (Å²) in [5.41, 5.74) is 2.62. The van der Waals surface area contributed by atoms with E-state index in [1.165, 1.54) is 11.3 Å².